The van der Waals surface area contributed by atoms with Gasteiger partial charge in [0.2, 0.25) is 5.95 Å². The summed E-state index contributed by atoms with van der Waals surface area (Å²) in [6.07, 6.45) is 4.03. The van der Waals surface area contributed by atoms with Gasteiger partial charge in [-0.3, -0.25) is 0 Å². The zero-order valence-electron chi connectivity index (χ0n) is 6.72. The maximum Gasteiger partial charge on any atom is 0.225 e. The molecule has 4 nitrogen and oxygen atoms in total. The van der Waals surface area contributed by atoms with Gasteiger partial charge in [-0.05, 0) is 12.5 Å². The van der Waals surface area contributed by atoms with Crippen LogP contribution in [0, 0.1) is 0 Å². The lowest BCUT2D eigenvalue weighted by Gasteiger charge is -2.13. The van der Waals surface area contributed by atoms with Crippen molar-refractivity contribution in [2.24, 2.45) is 0 Å². The van der Waals surface area contributed by atoms with E-state index in [1.807, 2.05) is 4.90 Å². The Morgan fingerprint density at radius 1 is 1.42 bits per heavy atom. The number of hydrogen-bond acceptors (Lipinski definition) is 4. The van der Waals surface area contributed by atoms with Gasteiger partial charge in [-0.15, -0.1) is 0 Å². The lowest BCUT2D eigenvalue weighted by molar-refractivity contribution is 0.198. The third kappa shape index (κ3) is 1.38. The first-order valence-corrected chi connectivity index (χ1v) is 4.06. The highest BCUT2D eigenvalue weighted by molar-refractivity contribution is 5.30. The van der Waals surface area contributed by atoms with Crippen LogP contribution >= 0.6 is 0 Å². The first-order valence-electron chi connectivity index (χ1n) is 4.06. The summed E-state index contributed by atoms with van der Waals surface area (Å²) in [5, 5.41) is 9.26. The van der Waals surface area contributed by atoms with Crippen LogP contribution in [0.25, 0.3) is 0 Å². The topological polar surface area (TPSA) is 49.2 Å². The van der Waals surface area contributed by atoms with Crippen molar-refractivity contribution in [3.05, 3.63) is 18.5 Å². The molecule has 0 radical (unpaired) electrons. The van der Waals surface area contributed by atoms with E-state index in [1.54, 1.807) is 18.5 Å². The van der Waals surface area contributed by atoms with Crippen molar-refractivity contribution in [2.75, 3.05) is 18.0 Å². The predicted molar refractivity (Wildman–Crippen MR) is 44.9 cm³/mol. The molecule has 2 rings (SSSR count). The van der Waals surface area contributed by atoms with Crippen molar-refractivity contribution < 1.29 is 5.11 Å². The van der Waals surface area contributed by atoms with Crippen LogP contribution in [0.5, 0.6) is 0 Å². The third-order valence-corrected chi connectivity index (χ3v) is 2.00. The molecule has 4 heteroatoms. The van der Waals surface area contributed by atoms with Gasteiger partial charge in [-0.1, -0.05) is 0 Å². The van der Waals surface area contributed by atoms with E-state index in [2.05, 4.69) is 9.97 Å². The van der Waals surface area contributed by atoms with E-state index < -0.39 is 0 Å². The van der Waals surface area contributed by atoms with Gasteiger partial charge < -0.3 is 10.0 Å². The molecule has 0 aliphatic carbocycles. The summed E-state index contributed by atoms with van der Waals surface area (Å²) in [5.74, 6) is 0.717. The van der Waals surface area contributed by atoms with E-state index in [4.69, 9.17) is 0 Å². The quantitative estimate of drug-likeness (QED) is 0.638. The van der Waals surface area contributed by atoms with E-state index in [1.165, 1.54) is 0 Å². The molecule has 1 fully saturated rings. The zero-order valence-corrected chi connectivity index (χ0v) is 6.72. The van der Waals surface area contributed by atoms with Crippen LogP contribution in [-0.2, 0) is 0 Å². The van der Waals surface area contributed by atoms with Crippen molar-refractivity contribution in [3.8, 4) is 0 Å². The largest absolute Gasteiger partial charge is 0.391 e. The molecular weight excluding hydrogens is 154 g/mol. The van der Waals surface area contributed by atoms with Gasteiger partial charge in [0.05, 0.1) is 6.10 Å². The summed E-state index contributed by atoms with van der Waals surface area (Å²) in [6.45, 7) is 1.51. The fourth-order valence-corrected chi connectivity index (χ4v) is 1.38. The maximum absolute atomic E-state index is 9.26. The smallest absolute Gasteiger partial charge is 0.225 e. The van der Waals surface area contributed by atoms with E-state index in [-0.39, 0.29) is 6.10 Å². The lowest BCUT2D eigenvalue weighted by Crippen LogP contribution is -2.22. The summed E-state index contributed by atoms with van der Waals surface area (Å²) < 4.78 is 0. The Morgan fingerprint density at radius 3 is 2.75 bits per heavy atom. The SMILES string of the molecule is O[C@H]1CCN(c2ncccn2)C1. The van der Waals surface area contributed by atoms with Crippen LogP contribution in [0.1, 0.15) is 6.42 Å². The van der Waals surface area contributed by atoms with Crippen molar-refractivity contribution in [2.45, 2.75) is 12.5 Å². The van der Waals surface area contributed by atoms with E-state index in [0.717, 1.165) is 13.0 Å². The number of rotatable bonds is 1. The van der Waals surface area contributed by atoms with E-state index >= 15 is 0 Å². The number of nitrogens with zero attached hydrogens (tertiary/aromatic N) is 3. The molecule has 0 spiro atoms. The second-order valence-corrected chi connectivity index (χ2v) is 2.94. The van der Waals surface area contributed by atoms with Crippen molar-refractivity contribution in [1.82, 2.24) is 9.97 Å². The number of β-amino-alcohol motifs (C(OH)–C–C–N with tert-alkyl or cyclic N) is 1. The molecule has 1 aliphatic heterocycles. The fourth-order valence-electron chi connectivity index (χ4n) is 1.38. The summed E-state index contributed by atoms with van der Waals surface area (Å²) in [7, 11) is 0. The molecule has 1 N–H and O–H groups in total. The third-order valence-electron chi connectivity index (χ3n) is 2.00. The minimum atomic E-state index is -0.214. The molecule has 1 saturated heterocycles. The van der Waals surface area contributed by atoms with Crippen LogP contribution in [0.4, 0.5) is 5.95 Å². The van der Waals surface area contributed by atoms with Crippen LogP contribution in [0.15, 0.2) is 18.5 Å². The average molecular weight is 165 g/mol. The van der Waals surface area contributed by atoms with Gasteiger partial charge in [-0.25, -0.2) is 9.97 Å². The zero-order chi connectivity index (χ0) is 8.39. The first kappa shape index (κ1) is 7.49. The first-order chi connectivity index (χ1) is 5.86. The van der Waals surface area contributed by atoms with Crippen LogP contribution in [0.3, 0.4) is 0 Å². The van der Waals surface area contributed by atoms with Crippen molar-refractivity contribution >= 4 is 5.95 Å². The molecule has 1 atom stereocenters. The summed E-state index contributed by atoms with van der Waals surface area (Å²) >= 11 is 0. The van der Waals surface area contributed by atoms with Gasteiger partial charge >= 0.3 is 0 Å². The highest BCUT2D eigenvalue weighted by Gasteiger charge is 2.21. The van der Waals surface area contributed by atoms with E-state index in [9.17, 15) is 5.11 Å². The fraction of sp³-hybridized carbons (Fsp3) is 0.500. The highest BCUT2D eigenvalue weighted by Crippen LogP contribution is 2.14. The van der Waals surface area contributed by atoms with Crippen molar-refractivity contribution in [3.63, 3.8) is 0 Å². The summed E-state index contributed by atoms with van der Waals surface area (Å²) in [4.78, 5) is 10.2. The van der Waals surface area contributed by atoms with Gasteiger partial charge in [0, 0.05) is 25.5 Å². The van der Waals surface area contributed by atoms with Gasteiger partial charge in [0.15, 0.2) is 0 Å². The lowest BCUT2D eigenvalue weighted by atomic mass is 10.3. The number of aliphatic hydroxyl groups excluding tert-OH is 1. The molecule has 1 aromatic heterocycles. The normalized spacial score (nSPS) is 23.1. The molecule has 64 valence electrons. The maximum atomic E-state index is 9.26. The molecule has 0 saturated carbocycles. The second kappa shape index (κ2) is 3.06. The molecule has 0 amide bonds. The Kier molecular flexibility index (Phi) is 1.91. The van der Waals surface area contributed by atoms with E-state index in [0.29, 0.717) is 12.5 Å². The van der Waals surface area contributed by atoms with Crippen LogP contribution in [-0.4, -0.2) is 34.3 Å². The van der Waals surface area contributed by atoms with Gasteiger partial charge in [0.1, 0.15) is 0 Å². The van der Waals surface area contributed by atoms with Crippen molar-refractivity contribution in [1.29, 1.82) is 0 Å². The minimum Gasteiger partial charge on any atom is -0.391 e. The molecular formula is C8H11N3O. The molecule has 2 heterocycles. The minimum absolute atomic E-state index is 0.214. The number of anilines is 1. The molecule has 0 bridgehead atoms. The average Bonchev–Trinajstić information content (AvgIpc) is 2.54. The van der Waals surface area contributed by atoms with Crippen LogP contribution in [0.2, 0.25) is 0 Å². The summed E-state index contributed by atoms with van der Waals surface area (Å²) in [5.41, 5.74) is 0. The number of aromatic nitrogens is 2. The monoisotopic (exact) mass is 165 g/mol. The molecule has 0 aromatic carbocycles. The van der Waals surface area contributed by atoms with Gasteiger partial charge in [0.25, 0.3) is 0 Å². The Balaban J connectivity index is 2.11. The molecule has 1 aliphatic rings. The summed E-state index contributed by atoms with van der Waals surface area (Å²) in [6, 6.07) is 1.79. The standard InChI is InChI=1S/C8H11N3O/c12-7-2-5-11(6-7)8-9-3-1-4-10-8/h1,3-4,7,12H,2,5-6H2/t7-/m0/s1. The molecule has 12 heavy (non-hydrogen) atoms. The Bertz CT molecular complexity index is 252. The Morgan fingerprint density at radius 2 is 2.17 bits per heavy atom. The predicted octanol–water partition coefficient (Wildman–Crippen LogP) is 0.0476. The van der Waals surface area contributed by atoms with Gasteiger partial charge in [-0.2, -0.15) is 0 Å². The van der Waals surface area contributed by atoms with Crippen LogP contribution < -0.4 is 4.90 Å². The number of hydrogen-bond donors (Lipinski definition) is 1. The molecule has 1 aromatic rings. The molecule has 0 unspecified atom stereocenters. The second-order valence-electron chi connectivity index (χ2n) is 2.94. The Labute approximate surface area is 70.9 Å². The highest BCUT2D eigenvalue weighted by atomic mass is 16.3. The number of aliphatic hydroxyl groups is 1. The Hall–Kier alpha value is -1.16.